The Morgan fingerprint density at radius 3 is 2.76 bits per heavy atom. The molecule has 0 aliphatic heterocycles. The van der Waals surface area contributed by atoms with E-state index in [0.29, 0.717) is 5.69 Å². The smallest absolute Gasteiger partial charge is 0.151 e. The van der Waals surface area contributed by atoms with Gasteiger partial charge in [0.05, 0.1) is 12.0 Å². The fourth-order valence-corrected chi connectivity index (χ4v) is 1.75. The number of benzene rings is 1. The number of rotatable bonds is 2. The molecule has 0 fully saturated rings. The van der Waals surface area contributed by atoms with Gasteiger partial charge in [0.2, 0.25) is 0 Å². The first-order chi connectivity index (χ1) is 8.34. The van der Waals surface area contributed by atoms with Crippen LogP contribution in [0.5, 0.6) is 0 Å². The summed E-state index contributed by atoms with van der Waals surface area (Å²) in [5.41, 5.74) is 9.19. The Balaban J connectivity index is 2.04. The zero-order valence-electron chi connectivity index (χ0n) is 9.05. The van der Waals surface area contributed by atoms with Crippen LogP contribution in [-0.4, -0.2) is 10.2 Å². The van der Waals surface area contributed by atoms with Crippen molar-refractivity contribution in [1.29, 1.82) is 0 Å². The number of nitrogens with one attached hydrogen (secondary N) is 1. The molecule has 1 aromatic carbocycles. The first-order valence-corrected chi connectivity index (χ1v) is 5.29. The van der Waals surface area contributed by atoms with E-state index in [9.17, 15) is 0 Å². The molecule has 0 saturated heterocycles. The zero-order chi connectivity index (χ0) is 11.7. The Labute approximate surface area is 98.1 Å². The molecule has 0 aliphatic rings. The quantitative estimate of drug-likeness (QED) is 0.659. The standard InChI is InChI=1S/C13H11N3O/c14-10-5-2-1-4-9(10)11-8-12(16-15-11)13-6-3-7-17-13/h1-8H,14H2,(H,15,16). The van der Waals surface area contributed by atoms with E-state index in [1.165, 1.54) is 0 Å². The molecule has 0 bridgehead atoms. The van der Waals surface area contributed by atoms with Gasteiger partial charge < -0.3 is 10.2 Å². The van der Waals surface area contributed by atoms with Crippen LogP contribution in [0.25, 0.3) is 22.7 Å². The van der Waals surface area contributed by atoms with E-state index in [0.717, 1.165) is 22.7 Å². The molecule has 4 heteroatoms. The van der Waals surface area contributed by atoms with Crippen LogP contribution in [0.3, 0.4) is 0 Å². The van der Waals surface area contributed by atoms with Crippen molar-refractivity contribution < 1.29 is 4.42 Å². The van der Waals surface area contributed by atoms with Crippen molar-refractivity contribution in [3.05, 3.63) is 48.7 Å². The van der Waals surface area contributed by atoms with Crippen molar-refractivity contribution in [2.45, 2.75) is 0 Å². The second kappa shape index (κ2) is 3.83. The summed E-state index contributed by atoms with van der Waals surface area (Å²) in [7, 11) is 0. The highest BCUT2D eigenvalue weighted by Gasteiger charge is 2.09. The predicted octanol–water partition coefficient (Wildman–Crippen LogP) is 2.92. The molecule has 3 rings (SSSR count). The van der Waals surface area contributed by atoms with Crippen molar-refractivity contribution in [3.8, 4) is 22.7 Å². The van der Waals surface area contributed by atoms with Gasteiger partial charge in [0.25, 0.3) is 0 Å². The Bertz CT molecular complexity index is 626. The summed E-state index contributed by atoms with van der Waals surface area (Å²) in [4.78, 5) is 0. The molecule has 0 spiro atoms. The van der Waals surface area contributed by atoms with Crippen molar-refractivity contribution in [2.75, 3.05) is 5.73 Å². The van der Waals surface area contributed by atoms with Crippen LogP contribution in [-0.2, 0) is 0 Å². The van der Waals surface area contributed by atoms with Gasteiger partial charge in [-0.2, -0.15) is 5.10 Å². The number of aromatic nitrogens is 2. The Kier molecular flexibility index (Phi) is 2.19. The average molecular weight is 225 g/mol. The summed E-state index contributed by atoms with van der Waals surface area (Å²) in [6.07, 6.45) is 1.63. The molecule has 0 atom stereocenters. The lowest BCUT2D eigenvalue weighted by Crippen LogP contribution is -1.88. The molecular formula is C13H11N3O. The first kappa shape index (κ1) is 9.72. The average Bonchev–Trinajstić information content (AvgIpc) is 3.00. The van der Waals surface area contributed by atoms with Gasteiger partial charge in [-0.25, -0.2) is 0 Å². The van der Waals surface area contributed by atoms with E-state index in [4.69, 9.17) is 10.2 Å². The van der Waals surface area contributed by atoms with Crippen LogP contribution < -0.4 is 5.73 Å². The second-order valence-corrected chi connectivity index (χ2v) is 3.73. The highest BCUT2D eigenvalue weighted by Crippen LogP contribution is 2.27. The van der Waals surface area contributed by atoms with Crippen LogP contribution in [0, 0.1) is 0 Å². The lowest BCUT2D eigenvalue weighted by molar-refractivity contribution is 0.580. The minimum absolute atomic E-state index is 0.713. The molecule has 0 unspecified atom stereocenters. The van der Waals surface area contributed by atoms with Gasteiger partial charge in [-0.05, 0) is 24.3 Å². The summed E-state index contributed by atoms with van der Waals surface area (Å²) in [5, 5.41) is 7.17. The molecule has 0 aliphatic carbocycles. The monoisotopic (exact) mass is 225 g/mol. The molecule has 3 aromatic rings. The SMILES string of the molecule is Nc1ccccc1-c1cc(-c2ccco2)[nH]n1. The first-order valence-electron chi connectivity index (χ1n) is 5.29. The number of anilines is 1. The number of nitrogens with zero attached hydrogens (tertiary/aromatic N) is 1. The molecule has 2 aromatic heterocycles. The molecule has 17 heavy (non-hydrogen) atoms. The van der Waals surface area contributed by atoms with E-state index in [1.807, 2.05) is 42.5 Å². The molecule has 0 radical (unpaired) electrons. The number of H-pyrrole nitrogens is 1. The van der Waals surface area contributed by atoms with Gasteiger partial charge >= 0.3 is 0 Å². The molecule has 0 saturated carbocycles. The van der Waals surface area contributed by atoms with E-state index in [2.05, 4.69) is 10.2 Å². The van der Waals surface area contributed by atoms with Gasteiger partial charge in [0, 0.05) is 11.3 Å². The van der Waals surface area contributed by atoms with E-state index < -0.39 is 0 Å². The molecule has 0 amide bonds. The minimum atomic E-state index is 0.713. The number of hydrogen-bond donors (Lipinski definition) is 2. The van der Waals surface area contributed by atoms with Crippen LogP contribution in [0.15, 0.2) is 53.1 Å². The lowest BCUT2D eigenvalue weighted by Gasteiger charge is -1.99. The van der Waals surface area contributed by atoms with Crippen LogP contribution in [0.4, 0.5) is 5.69 Å². The fourth-order valence-electron chi connectivity index (χ4n) is 1.75. The van der Waals surface area contributed by atoms with Gasteiger partial charge in [0.15, 0.2) is 5.76 Å². The van der Waals surface area contributed by atoms with Crippen LogP contribution in [0.2, 0.25) is 0 Å². The predicted molar refractivity (Wildman–Crippen MR) is 66.1 cm³/mol. The maximum atomic E-state index is 5.90. The number of para-hydroxylation sites is 1. The summed E-state index contributed by atoms with van der Waals surface area (Å²) in [6, 6.07) is 13.3. The van der Waals surface area contributed by atoms with E-state index >= 15 is 0 Å². The summed E-state index contributed by atoms with van der Waals surface area (Å²) in [5.74, 6) is 0.762. The van der Waals surface area contributed by atoms with Crippen molar-refractivity contribution in [1.82, 2.24) is 10.2 Å². The van der Waals surface area contributed by atoms with Crippen molar-refractivity contribution in [2.24, 2.45) is 0 Å². The molecule has 4 nitrogen and oxygen atoms in total. The summed E-state index contributed by atoms with van der Waals surface area (Å²) in [6.45, 7) is 0. The third-order valence-electron chi connectivity index (χ3n) is 2.60. The largest absolute Gasteiger partial charge is 0.463 e. The third-order valence-corrected chi connectivity index (χ3v) is 2.60. The van der Waals surface area contributed by atoms with Gasteiger partial charge in [-0.1, -0.05) is 18.2 Å². The maximum Gasteiger partial charge on any atom is 0.151 e. The van der Waals surface area contributed by atoms with Gasteiger partial charge in [-0.15, -0.1) is 0 Å². The summed E-state index contributed by atoms with van der Waals surface area (Å²) < 4.78 is 5.30. The summed E-state index contributed by atoms with van der Waals surface area (Å²) >= 11 is 0. The highest BCUT2D eigenvalue weighted by molar-refractivity contribution is 5.75. The Hall–Kier alpha value is -2.49. The highest BCUT2D eigenvalue weighted by atomic mass is 16.3. The second-order valence-electron chi connectivity index (χ2n) is 3.73. The molecular weight excluding hydrogens is 214 g/mol. The van der Waals surface area contributed by atoms with Crippen molar-refractivity contribution >= 4 is 5.69 Å². The Morgan fingerprint density at radius 1 is 1.12 bits per heavy atom. The van der Waals surface area contributed by atoms with E-state index in [-0.39, 0.29) is 0 Å². The normalized spacial score (nSPS) is 10.6. The molecule has 2 heterocycles. The molecule has 84 valence electrons. The van der Waals surface area contributed by atoms with E-state index in [1.54, 1.807) is 6.26 Å². The zero-order valence-corrected chi connectivity index (χ0v) is 9.05. The fraction of sp³-hybridized carbons (Fsp3) is 0. The van der Waals surface area contributed by atoms with Crippen LogP contribution >= 0.6 is 0 Å². The minimum Gasteiger partial charge on any atom is -0.463 e. The number of aromatic amines is 1. The number of nitrogens with two attached hydrogens (primary N) is 1. The Morgan fingerprint density at radius 2 is 2.00 bits per heavy atom. The third kappa shape index (κ3) is 1.69. The van der Waals surface area contributed by atoms with Gasteiger partial charge in [-0.3, -0.25) is 5.10 Å². The van der Waals surface area contributed by atoms with Crippen molar-refractivity contribution in [3.63, 3.8) is 0 Å². The number of furan rings is 1. The topological polar surface area (TPSA) is 67.8 Å². The molecule has 3 N–H and O–H groups in total. The number of nitrogen functional groups attached to an aromatic ring is 1. The lowest BCUT2D eigenvalue weighted by atomic mass is 10.1. The number of hydrogen-bond acceptors (Lipinski definition) is 3. The maximum absolute atomic E-state index is 5.90. The van der Waals surface area contributed by atoms with Gasteiger partial charge in [0.1, 0.15) is 5.69 Å². The van der Waals surface area contributed by atoms with Crippen LogP contribution in [0.1, 0.15) is 0 Å².